The molecule has 0 aliphatic heterocycles. The average molecular weight is 407 g/mol. The largest absolute Gasteiger partial charge is 0.433 e. The van der Waals surface area contributed by atoms with Crippen molar-refractivity contribution in [3.05, 3.63) is 71.0 Å². The maximum atomic E-state index is 13.6. The van der Waals surface area contributed by atoms with Gasteiger partial charge < -0.3 is 0 Å². The first-order valence-electron chi connectivity index (χ1n) is 8.08. The van der Waals surface area contributed by atoms with E-state index in [4.69, 9.17) is 11.6 Å². The van der Waals surface area contributed by atoms with E-state index in [0.29, 0.717) is 16.8 Å². The number of aromatic nitrogens is 4. The molecule has 0 atom stereocenters. The van der Waals surface area contributed by atoms with E-state index in [-0.39, 0.29) is 21.9 Å². The van der Waals surface area contributed by atoms with Gasteiger partial charge in [-0.3, -0.25) is 4.98 Å². The van der Waals surface area contributed by atoms with E-state index in [1.165, 1.54) is 18.3 Å². The molecule has 0 radical (unpaired) electrons. The van der Waals surface area contributed by atoms with Crippen molar-refractivity contribution in [3.8, 4) is 22.4 Å². The van der Waals surface area contributed by atoms with Crippen molar-refractivity contribution in [3.63, 3.8) is 0 Å². The fourth-order valence-electron chi connectivity index (χ4n) is 2.88. The number of halogens is 5. The summed E-state index contributed by atoms with van der Waals surface area (Å²) in [4.78, 5) is 8.45. The molecule has 4 rings (SSSR count). The van der Waals surface area contributed by atoms with Crippen molar-refractivity contribution in [2.75, 3.05) is 0 Å². The number of pyridine rings is 1. The molecule has 3 heterocycles. The van der Waals surface area contributed by atoms with Crippen LogP contribution in [0.4, 0.5) is 17.6 Å². The molecule has 0 aliphatic rings. The predicted octanol–water partition coefficient (Wildman–Crippen LogP) is 5.58. The highest BCUT2D eigenvalue weighted by atomic mass is 35.5. The molecule has 0 spiro atoms. The normalized spacial score (nSPS) is 11.9. The van der Waals surface area contributed by atoms with Crippen molar-refractivity contribution >= 4 is 17.2 Å². The van der Waals surface area contributed by atoms with Crippen molar-refractivity contribution in [1.29, 1.82) is 0 Å². The van der Waals surface area contributed by atoms with Crippen LogP contribution in [0.2, 0.25) is 5.02 Å². The quantitative estimate of drug-likeness (QED) is 0.408. The highest BCUT2D eigenvalue weighted by molar-refractivity contribution is 6.31. The second-order valence-corrected chi connectivity index (χ2v) is 6.54. The average Bonchev–Trinajstić information content (AvgIpc) is 3.06. The Labute approximate surface area is 161 Å². The molecule has 0 fully saturated rings. The van der Waals surface area contributed by atoms with Gasteiger partial charge in [0.1, 0.15) is 5.82 Å². The van der Waals surface area contributed by atoms with E-state index in [0.717, 1.165) is 16.6 Å². The summed E-state index contributed by atoms with van der Waals surface area (Å²) in [5.41, 5.74) is 1.06. The zero-order chi connectivity index (χ0) is 20.1. The number of rotatable bonds is 2. The summed E-state index contributed by atoms with van der Waals surface area (Å²) in [6, 6.07) is 7.91. The first-order valence-corrected chi connectivity index (χ1v) is 8.46. The molecular weight excluding hydrogens is 396 g/mol. The first kappa shape index (κ1) is 18.4. The summed E-state index contributed by atoms with van der Waals surface area (Å²) in [5.74, 6) is -0.667. The first-order chi connectivity index (χ1) is 13.2. The number of benzene rings is 1. The van der Waals surface area contributed by atoms with Crippen molar-refractivity contribution < 1.29 is 17.6 Å². The summed E-state index contributed by atoms with van der Waals surface area (Å²) in [6.07, 6.45) is -1.78. The van der Waals surface area contributed by atoms with Gasteiger partial charge in [0.25, 0.3) is 0 Å². The molecule has 3 aromatic heterocycles. The third-order valence-electron chi connectivity index (χ3n) is 4.19. The lowest BCUT2D eigenvalue weighted by Crippen LogP contribution is -2.13. The number of alkyl halides is 3. The molecule has 0 bridgehead atoms. The summed E-state index contributed by atoms with van der Waals surface area (Å²) in [6.45, 7) is 1.77. The Morgan fingerprint density at radius 1 is 1.04 bits per heavy atom. The van der Waals surface area contributed by atoms with Gasteiger partial charge in [-0.25, -0.2) is 13.9 Å². The number of fused-ring (bicyclic) bond motifs is 1. The molecule has 28 heavy (non-hydrogen) atoms. The minimum atomic E-state index is -4.67. The van der Waals surface area contributed by atoms with Crippen LogP contribution in [-0.4, -0.2) is 19.6 Å². The van der Waals surface area contributed by atoms with E-state index in [9.17, 15) is 17.6 Å². The van der Waals surface area contributed by atoms with Crippen LogP contribution in [-0.2, 0) is 6.18 Å². The third-order valence-corrected chi connectivity index (χ3v) is 4.47. The van der Waals surface area contributed by atoms with Crippen molar-refractivity contribution in [1.82, 2.24) is 19.6 Å². The van der Waals surface area contributed by atoms with Gasteiger partial charge in [0.2, 0.25) is 0 Å². The summed E-state index contributed by atoms with van der Waals surface area (Å²) >= 11 is 5.79. The highest BCUT2D eigenvalue weighted by Gasteiger charge is 2.35. The van der Waals surface area contributed by atoms with Crippen molar-refractivity contribution in [2.45, 2.75) is 13.1 Å². The lowest BCUT2D eigenvalue weighted by atomic mass is 10.1. The maximum absolute atomic E-state index is 13.6. The summed E-state index contributed by atoms with van der Waals surface area (Å²) in [7, 11) is 0. The Bertz CT molecular complexity index is 1200. The lowest BCUT2D eigenvalue weighted by Gasteiger charge is -2.12. The Hall–Kier alpha value is -3.00. The Balaban J connectivity index is 2.01. The van der Waals surface area contributed by atoms with E-state index in [2.05, 4.69) is 15.1 Å². The molecule has 0 amide bonds. The maximum Gasteiger partial charge on any atom is 0.433 e. The summed E-state index contributed by atoms with van der Waals surface area (Å²) < 4.78 is 55.2. The summed E-state index contributed by atoms with van der Waals surface area (Å²) in [5, 5.41) is 3.68. The topological polar surface area (TPSA) is 43.1 Å². The Morgan fingerprint density at radius 2 is 1.82 bits per heavy atom. The molecule has 1 aromatic carbocycles. The lowest BCUT2D eigenvalue weighted by molar-refractivity contribution is -0.142. The number of nitrogens with zero attached hydrogens (tertiary/aromatic N) is 4. The smallest absolute Gasteiger partial charge is 0.262 e. The van der Waals surface area contributed by atoms with Gasteiger partial charge in [0, 0.05) is 23.0 Å². The number of hydrogen-bond acceptors (Lipinski definition) is 3. The molecule has 0 aliphatic carbocycles. The fourth-order valence-corrected chi connectivity index (χ4v) is 3.07. The second-order valence-electron chi connectivity index (χ2n) is 6.13. The Kier molecular flexibility index (Phi) is 4.30. The van der Waals surface area contributed by atoms with Gasteiger partial charge in [-0.05, 0) is 48.9 Å². The van der Waals surface area contributed by atoms with Crippen LogP contribution in [0.25, 0.3) is 28.0 Å². The molecule has 0 N–H and O–H groups in total. The minimum absolute atomic E-state index is 0.00857. The Morgan fingerprint density at radius 3 is 2.50 bits per heavy atom. The van der Waals surface area contributed by atoms with E-state index < -0.39 is 17.7 Å². The highest BCUT2D eigenvalue weighted by Crippen LogP contribution is 2.35. The molecule has 0 saturated heterocycles. The van der Waals surface area contributed by atoms with Gasteiger partial charge in [-0.15, -0.1) is 0 Å². The number of hydrogen-bond donors (Lipinski definition) is 0. The van der Waals surface area contributed by atoms with Gasteiger partial charge in [-0.2, -0.15) is 18.3 Å². The molecule has 0 saturated carbocycles. The predicted molar refractivity (Wildman–Crippen MR) is 96.4 cm³/mol. The van der Waals surface area contributed by atoms with Gasteiger partial charge >= 0.3 is 6.18 Å². The second kappa shape index (κ2) is 6.56. The molecule has 0 unspecified atom stereocenters. The SMILES string of the molecule is Cc1cc(-c2cnn3c(C(F)(F)F)cc(-c4ccc(F)c(Cl)c4)nc23)ccn1. The van der Waals surface area contributed by atoms with Crippen LogP contribution < -0.4 is 0 Å². The monoisotopic (exact) mass is 406 g/mol. The molecule has 9 heteroatoms. The molecule has 142 valence electrons. The van der Waals surface area contributed by atoms with Gasteiger partial charge in [0.15, 0.2) is 11.3 Å². The van der Waals surface area contributed by atoms with Crippen LogP contribution in [0.5, 0.6) is 0 Å². The zero-order valence-electron chi connectivity index (χ0n) is 14.3. The van der Waals surface area contributed by atoms with Crippen LogP contribution in [0.3, 0.4) is 0 Å². The van der Waals surface area contributed by atoms with E-state index in [1.54, 1.807) is 25.3 Å². The van der Waals surface area contributed by atoms with Crippen LogP contribution in [0, 0.1) is 12.7 Å². The molecule has 4 nitrogen and oxygen atoms in total. The zero-order valence-corrected chi connectivity index (χ0v) is 15.1. The van der Waals surface area contributed by atoms with E-state index in [1.807, 2.05) is 0 Å². The van der Waals surface area contributed by atoms with Gasteiger partial charge in [-0.1, -0.05) is 11.6 Å². The minimum Gasteiger partial charge on any atom is -0.262 e. The van der Waals surface area contributed by atoms with Crippen LogP contribution >= 0.6 is 11.6 Å². The van der Waals surface area contributed by atoms with Crippen LogP contribution in [0.1, 0.15) is 11.4 Å². The fraction of sp³-hybridized carbons (Fsp3) is 0.105. The standard InChI is InChI=1S/C19H11ClF4N4/c1-10-6-11(4-5-25-10)13-9-26-28-17(19(22,23)24)8-16(27-18(13)28)12-2-3-15(21)14(20)7-12/h2-9H,1H3. The molecular formula is C19H11ClF4N4. The van der Waals surface area contributed by atoms with Crippen LogP contribution in [0.15, 0.2) is 48.8 Å². The molecule has 4 aromatic rings. The number of aryl methyl sites for hydroxylation is 1. The van der Waals surface area contributed by atoms with Gasteiger partial charge in [0.05, 0.1) is 16.9 Å². The van der Waals surface area contributed by atoms with Crippen molar-refractivity contribution in [2.24, 2.45) is 0 Å². The third kappa shape index (κ3) is 3.20. The van der Waals surface area contributed by atoms with E-state index >= 15 is 0 Å².